The molecule has 0 bridgehead atoms. The van der Waals surface area contributed by atoms with Gasteiger partial charge in [0.05, 0.1) is 22.2 Å². The molecule has 0 aliphatic rings. The summed E-state index contributed by atoms with van der Waals surface area (Å²) in [5.41, 5.74) is 3.11. The van der Waals surface area contributed by atoms with Gasteiger partial charge in [-0.3, -0.25) is 10.0 Å². The van der Waals surface area contributed by atoms with Gasteiger partial charge < -0.3 is 4.42 Å². The second-order valence-corrected chi connectivity index (χ2v) is 4.44. The first-order valence-electron chi connectivity index (χ1n) is 5.16. The molecule has 0 spiro atoms. The molecule has 0 aliphatic carbocycles. The second-order valence-electron chi connectivity index (χ2n) is 3.59. The van der Waals surface area contributed by atoms with E-state index in [0.29, 0.717) is 5.02 Å². The van der Waals surface area contributed by atoms with Crippen molar-refractivity contribution in [2.75, 3.05) is 0 Å². The lowest BCUT2D eigenvalue weighted by Gasteiger charge is -2.01. The minimum atomic E-state index is -0.948. The van der Waals surface area contributed by atoms with Crippen LogP contribution < -0.4 is 16.3 Å². The van der Waals surface area contributed by atoms with Crippen LogP contribution in [0.3, 0.4) is 0 Å². The monoisotopic (exact) mass is 315 g/mol. The number of hydrazone groups is 1. The predicted octanol–water partition coefficient (Wildman–Crippen LogP) is 2.12. The van der Waals surface area contributed by atoms with E-state index in [4.69, 9.17) is 32.8 Å². The van der Waals surface area contributed by atoms with E-state index in [9.17, 15) is 9.59 Å². The lowest BCUT2D eigenvalue weighted by molar-refractivity contribution is 0.162. The Morgan fingerprint density at radius 3 is 2.85 bits per heavy atom. The molecule has 0 aliphatic heterocycles. The molecule has 0 atom stereocenters. The van der Waals surface area contributed by atoms with Crippen LogP contribution in [0.4, 0.5) is 4.79 Å². The molecule has 20 heavy (non-hydrogen) atoms. The SMILES string of the molecule is O=C(NO)N/N=C/c1coc2cc(Cl)cc(Cl)c2c1=O. The number of hydroxylamine groups is 1. The van der Waals surface area contributed by atoms with Crippen molar-refractivity contribution in [3.63, 3.8) is 0 Å². The first kappa shape index (κ1) is 14.3. The zero-order valence-electron chi connectivity index (χ0n) is 9.68. The first-order chi connectivity index (χ1) is 9.52. The summed E-state index contributed by atoms with van der Waals surface area (Å²) in [6.45, 7) is 0. The molecule has 9 heteroatoms. The van der Waals surface area contributed by atoms with Gasteiger partial charge in [0, 0.05) is 11.1 Å². The Hall–Kier alpha value is -2.09. The van der Waals surface area contributed by atoms with Crippen molar-refractivity contribution in [3.8, 4) is 0 Å². The second kappa shape index (κ2) is 5.91. The minimum Gasteiger partial charge on any atom is -0.463 e. The molecule has 7 nitrogen and oxygen atoms in total. The van der Waals surface area contributed by atoms with E-state index >= 15 is 0 Å². The van der Waals surface area contributed by atoms with E-state index < -0.39 is 11.5 Å². The van der Waals surface area contributed by atoms with Crippen molar-refractivity contribution in [2.24, 2.45) is 5.10 Å². The van der Waals surface area contributed by atoms with Crippen LogP contribution in [0.1, 0.15) is 5.56 Å². The van der Waals surface area contributed by atoms with Gasteiger partial charge in [-0.15, -0.1) is 0 Å². The average molecular weight is 316 g/mol. The van der Waals surface area contributed by atoms with Gasteiger partial charge >= 0.3 is 6.03 Å². The molecule has 3 N–H and O–H groups in total. The van der Waals surface area contributed by atoms with Crippen LogP contribution in [0.15, 0.2) is 32.7 Å². The highest BCUT2D eigenvalue weighted by atomic mass is 35.5. The number of nitrogens with one attached hydrogen (secondary N) is 2. The molecule has 1 aromatic heterocycles. The molecular weight excluding hydrogens is 309 g/mol. The summed E-state index contributed by atoms with van der Waals surface area (Å²) >= 11 is 11.7. The van der Waals surface area contributed by atoms with Crippen molar-refractivity contribution in [2.45, 2.75) is 0 Å². The van der Waals surface area contributed by atoms with Crippen LogP contribution in [0.2, 0.25) is 10.0 Å². The number of halogens is 2. The fourth-order valence-corrected chi connectivity index (χ4v) is 2.02. The summed E-state index contributed by atoms with van der Waals surface area (Å²) in [6, 6.07) is 1.93. The maximum atomic E-state index is 12.1. The number of urea groups is 1. The molecule has 0 unspecified atom stereocenters. The summed E-state index contributed by atoms with van der Waals surface area (Å²) in [5, 5.41) is 12.3. The Morgan fingerprint density at radius 1 is 1.40 bits per heavy atom. The highest BCUT2D eigenvalue weighted by Crippen LogP contribution is 2.25. The Kier molecular flexibility index (Phi) is 4.23. The summed E-state index contributed by atoms with van der Waals surface area (Å²) in [5.74, 6) is 0. The summed E-state index contributed by atoms with van der Waals surface area (Å²) in [4.78, 5) is 22.8. The topological polar surface area (TPSA) is 104 Å². The number of nitrogens with zero attached hydrogens (tertiary/aromatic N) is 1. The van der Waals surface area contributed by atoms with E-state index in [1.807, 2.05) is 5.43 Å². The number of carbonyl (C=O) groups is 1. The van der Waals surface area contributed by atoms with Gasteiger partial charge in [0.2, 0.25) is 5.43 Å². The normalized spacial score (nSPS) is 10.9. The standard InChI is InChI=1S/C11H7Cl2N3O4/c12-6-1-7(13)9-8(2-6)20-4-5(10(9)17)3-14-15-11(18)16-19/h1-4,19H,(H2,15,16,18)/b14-3+. The third kappa shape index (κ3) is 2.90. The molecule has 0 radical (unpaired) electrons. The fraction of sp³-hybridized carbons (Fsp3) is 0. The van der Waals surface area contributed by atoms with Gasteiger partial charge in [-0.25, -0.2) is 15.7 Å². The van der Waals surface area contributed by atoms with Crippen LogP contribution >= 0.6 is 23.2 Å². The molecule has 0 fully saturated rings. The number of fused-ring (bicyclic) bond motifs is 1. The highest BCUT2D eigenvalue weighted by Gasteiger charge is 2.10. The van der Waals surface area contributed by atoms with E-state index in [2.05, 4.69) is 5.10 Å². The molecule has 104 valence electrons. The van der Waals surface area contributed by atoms with Crippen LogP contribution in [-0.2, 0) is 0 Å². The quantitative estimate of drug-likeness (QED) is 0.448. The van der Waals surface area contributed by atoms with Crippen LogP contribution in [0.5, 0.6) is 0 Å². The maximum absolute atomic E-state index is 12.1. The maximum Gasteiger partial charge on any atom is 0.358 e. The van der Waals surface area contributed by atoms with Crippen LogP contribution in [0, 0.1) is 0 Å². The number of amides is 2. The number of hydrogen-bond donors (Lipinski definition) is 3. The smallest absolute Gasteiger partial charge is 0.358 e. The van der Waals surface area contributed by atoms with Gasteiger partial charge in [-0.1, -0.05) is 23.2 Å². The Balaban J connectivity index is 2.45. The van der Waals surface area contributed by atoms with Crippen molar-refractivity contribution in [3.05, 3.63) is 44.2 Å². The average Bonchev–Trinajstić information content (AvgIpc) is 2.40. The van der Waals surface area contributed by atoms with Gasteiger partial charge in [0.1, 0.15) is 11.8 Å². The number of benzene rings is 1. The van der Waals surface area contributed by atoms with Gasteiger partial charge in [0.25, 0.3) is 0 Å². The molecule has 0 saturated heterocycles. The van der Waals surface area contributed by atoms with Crippen molar-refractivity contribution in [1.29, 1.82) is 0 Å². The summed E-state index contributed by atoms with van der Waals surface area (Å²) < 4.78 is 5.23. The van der Waals surface area contributed by atoms with Crippen LogP contribution in [0.25, 0.3) is 11.0 Å². The minimum absolute atomic E-state index is 0.0694. The molecule has 2 aromatic rings. The molecule has 0 saturated carbocycles. The van der Waals surface area contributed by atoms with Gasteiger partial charge in [-0.2, -0.15) is 5.10 Å². The first-order valence-corrected chi connectivity index (χ1v) is 5.92. The van der Waals surface area contributed by atoms with E-state index in [1.165, 1.54) is 17.6 Å². The molecule has 1 aromatic carbocycles. The summed E-state index contributed by atoms with van der Waals surface area (Å²) in [7, 11) is 0. The number of carbonyl (C=O) groups excluding carboxylic acids is 1. The van der Waals surface area contributed by atoms with Gasteiger partial charge in [-0.05, 0) is 6.07 Å². The van der Waals surface area contributed by atoms with E-state index in [1.54, 1.807) is 0 Å². The third-order valence-corrected chi connectivity index (χ3v) is 2.81. The van der Waals surface area contributed by atoms with E-state index in [-0.39, 0.29) is 21.6 Å². The van der Waals surface area contributed by atoms with E-state index in [0.717, 1.165) is 12.5 Å². The zero-order valence-corrected chi connectivity index (χ0v) is 11.2. The van der Waals surface area contributed by atoms with Crippen molar-refractivity contribution < 1.29 is 14.4 Å². The Morgan fingerprint density at radius 2 is 2.15 bits per heavy atom. The van der Waals surface area contributed by atoms with Gasteiger partial charge in [0.15, 0.2) is 0 Å². The Labute approximate surface area is 121 Å². The number of rotatable bonds is 2. The third-order valence-electron chi connectivity index (χ3n) is 2.29. The highest BCUT2D eigenvalue weighted by molar-refractivity contribution is 6.38. The molecule has 2 amide bonds. The lowest BCUT2D eigenvalue weighted by atomic mass is 10.2. The largest absolute Gasteiger partial charge is 0.463 e. The van der Waals surface area contributed by atoms with Crippen molar-refractivity contribution in [1.82, 2.24) is 10.9 Å². The number of hydrogen-bond acceptors (Lipinski definition) is 5. The zero-order chi connectivity index (χ0) is 14.7. The van der Waals surface area contributed by atoms with Crippen LogP contribution in [-0.4, -0.2) is 17.5 Å². The Bertz CT molecular complexity index is 757. The fourth-order valence-electron chi connectivity index (χ4n) is 1.46. The summed E-state index contributed by atoms with van der Waals surface area (Å²) in [6.07, 6.45) is 2.21. The molecular formula is C11H7Cl2N3O4. The van der Waals surface area contributed by atoms with Crippen molar-refractivity contribution >= 4 is 46.4 Å². The molecule has 1 heterocycles. The lowest BCUT2D eigenvalue weighted by Crippen LogP contribution is -2.29. The predicted molar refractivity (Wildman–Crippen MR) is 73.6 cm³/mol. The molecule has 2 rings (SSSR count).